The molecule has 3 aromatic carbocycles. The summed E-state index contributed by atoms with van der Waals surface area (Å²) in [5, 5.41) is 0. The van der Waals surface area contributed by atoms with Crippen LogP contribution >= 0.6 is 0 Å². The molecule has 11 heteroatoms. The number of rotatable bonds is 15. The van der Waals surface area contributed by atoms with E-state index >= 15 is 0 Å². The van der Waals surface area contributed by atoms with Gasteiger partial charge < -0.3 is 28.4 Å². The first-order valence-corrected chi connectivity index (χ1v) is 15.9. The van der Waals surface area contributed by atoms with Crippen molar-refractivity contribution < 1.29 is 46.4 Å². The van der Waals surface area contributed by atoms with Crippen molar-refractivity contribution in [2.24, 2.45) is 5.92 Å². The molecule has 3 aromatic rings. The van der Waals surface area contributed by atoms with Gasteiger partial charge in [-0.25, -0.2) is 18.0 Å². The van der Waals surface area contributed by atoms with E-state index in [1.807, 2.05) is 0 Å². The minimum absolute atomic E-state index is 0.0716. The van der Waals surface area contributed by atoms with Crippen molar-refractivity contribution in [1.82, 2.24) is 0 Å². The molecular formula is C33H38O10S. The first-order valence-electron chi connectivity index (χ1n) is 14.3. The fraction of sp³-hybridized carbons (Fsp3) is 0.394. The van der Waals surface area contributed by atoms with Crippen LogP contribution in [0.5, 0.6) is 0 Å². The minimum Gasteiger partial charge on any atom is -0.458 e. The number of carbonyl (C=O) groups excluding carboxylic acids is 2. The summed E-state index contributed by atoms with van der Waals surface area (Å²) in [5.74, 6) is -2.04. The standard InChI is InChI=1S/C33H38O10S/c1-38-30(39-2)20-28-27(22-44(36,37)26-17-11-6-12-18-26)31(40-3)29(43-28)19-25(42-33(35)24-15-9-5-10-16-24)21-41-32(34)23-13-7-4-8-14-23/h4-18,25,27-31H,19-22H2,1-3H3/t25?,27-,28-,29+,31+/m0/s1. The molecule has 0 N–H and O–H groups in total. The molecule has 10 nitrogen and oxygen atoms in total. The Morgan fingerprint density at radius 3 is 1.84 bits per heavy atom. The van der Waals surface area contributed by atoms with Crippen LogP contribution in [-0.2, 0) is 38.3 Å². The number of hydrogen-bond acceptors (Lipinski definition) is 10. The van der Waals surface area contributed by atoms with Gasteiger partial charge in [-0.15, -0.1) is 0 Å². The Hall–Kier alpha value is -3.61. The monoisotopic (exact) mass is 626 g/mol. The Balaban J connectivity index is 1.58. The fourth-order valence-electron chi connectivity index (χ4n) is 5.32. The third-order valence-corrected chi connectivity index (χ3v) is 9.35. The van der Waals surface area contributed by atoms with Gasteiger partial charge in [-0.05, 0) is 36.4 Å². The number of ether oxygens (including phenoxy) is 6. The van der Waals surface area contributed by atoms with Crippen LogP contribution in [0, 0.1) is 5.92 Å². The van der Waals surface area contributed by atoms with Crippen LogP contribution in [0.15, 0.2) is 95.9 Å². The van der Waals surface area contributed by atoms with E-state index in [2.05, 4.69) is 0 Å². The molecule has 236 valence electrons. The molecule has 1 unspecified atom stereocenters. The van der Waals surface area contributed by atoms with Crippen molar-refractivity contribution in [2.45, 2.75) is 48.4 Å². The quantitative estimate of drug-likeness (QED) is 0.178. The maximum absolute atomic E-state index is 13.5. The van der Waals surface area contributed by atoms with Gasteiger partial charge in [0.25, 0.3) is 0 Å². The molecule has 0 aromatic heterocycles. The van der Waals surface area contributed by atoms with Crippen LogP contribution in [0.1, 0.15) is 33.6 Å². The SMILES string of the molecule is COC(C[C@@H]1O[C@H](CC(COC(=O)c2ccccc2)OC(=O)c2ccccc2)[C@H](OC)[C@H]1CS(=O)(=O)c1ccccc1)OC. The van der Waals surface area contributed by atoms with Crippen molar-refractivity contribution in [2.75, 3.05) is 33.7 Å². The van der Waals surface area contributed by atoms with E-state index in [4.69, 9.17) is 28.4 Å². The van der Waals surface area contributed by atoms with Gasteiger partial charge in [-0.1, -0.05) is 54.6 Å². The highest BCUT2D eigenvalue weighted by Crippen LogP contribution is 2.37. The molecule has 1 saturated heterocycles. The van der Waals surface area contributed by atoms with Crippen LogP contribution in [0.2, 0.25) is 0 Å². The molecule has 4 rings (SSSR count). The molecule has 44 heavy (non-hydrogen) atoms. The number of hydrogen-bond donors (Lipinski definition) is 0. The van der Waals surface area contributed by atoms with Gasteiger partial charge in [0.15, 0.2) is 16.1 Å². The zero-order valence-electron chi connectivity index (χ0n) is 24.9. The van der Waals surface area contributed by atoms with E-state index in [9.17, 15) is 18.0 Å². The Bertz CT molecular complexity index is 1430. The van der Waals surface area contributed by atoms with Gasteiger partial charge in [0, 0.05) is 40.1 Å². The summed E-state index contributed by atoms with van der Waals surface area (Å²) in [4.78, 5) is 26.0. The van der Waals surface area contributed by atoms with Crippen LogP contribution in [-0.4, -0.2) is 84.8 Å². The van der Waals surface area contributed by atoms with Crippen LogP contribution in [0.25, 0.3) is 0 Å². The molecule has 1 aliphatic heterocycles. The Labute approximate surface area is 258 Å². The van der Waals surface area contributed by atoms with Crippen molar-refractivity contribution >= 4 is 21.8 Å². The lowest BCUT2D eigenvalue weighted by atomic mass is 9.94. The van der Waals surface area contributed by atoms with E-state index < -0.39 is 58.4 Å². The smallest absolute Gasteiger partial charge is 0.338 e. The molecule has 0 bridgehead atoms. The van der Waals surface area contributed by atoms with Crippen molar-refractivity contribution in [3.8, 4) is 0 Å². The summed E-state index contributed by atoms with van der Waals surface area (Å²) in [6.07, 6.45) is -3.32. The molecule has 1 aliphatic rings. The third kappa shape index (κ3) is 8.73. The predicted molar refractivity (Wildman–Crippen MR) is 161 cm³/mol. The number of esters is 2. The van der Waals surface area contributed by atoms with Crippen LogP contribution in [0.3, 0.4) is 0 Å². The third-order valence-electron chi connectivity index (χ3n) is 7.54. The van der Waals surface area contributed by atoms with Gasteiger partial charge in [0.2, 0.25) is 0 Å². The maximum Gasteiger partial charge on any atom is 0.338 e. The number of carbonyl (C=O) groups is 2. The topological polar surface area (TPSA) is 124 Å². The van der Waals surface area contributed by atoms with Crippen LogP contribution < -0.4 is 0 Å². The Kier molecular flexibility index (Phi) is 12.0. The fourth-order valence-corrected chi connectivity index (χ4v) is 7.00. The van der Waals surface area contributed by atoms with Gasteiger partial charge in [0.05, 0.1) is 40.1 Å². The lowest BCUT2D eigenvalue weighted by Crippen LogP contribution is -2.38. The highest BCUT2D eigenvalue weighted by molar-refractivity contribution is 7.91. The van der Waals surface area contributed by atoms with Crippen molar-refractivity contribution in [1.29, 1.82) is 0 Å². The zero-order chi connectivity index (χ0) is 31.5. The first-order chi connectivity index (χ1) is 21.2. The second-order valence-corrected chi connectivity index (χ2v) is 12.4. The molecular weight excluding hydrogens is 588 g/mol. The molecule has 0 aliphatic carbocycles. The molecule has 0 radical (unpaired) electrons. The second-order valence-electron chi connectivity index (χ2n) is 10.4. The normalized spacial score (nSPS) is 20.7. The van der Waals surface area contributed by atoms with Crippen LogP contribution in [0.4, 0.5) is 0 Å². The molecule has 1 heterocycles. The number of sulfone groups is 1. The molecule has 0 amide bonds. The highest BCUT2D eigenvalue weighted by atomic mass is 32.2. The summed E-state index contributed by atoms with van der Waals surface area (Å²) in [7, 11) is 0.739. The lowest BCUT2D eigenvalue weighted by Gasteiger charge is -2.26. The zero-order valence-corrected chi connectivity index (χ0v) is 25.8. The largest absolute Gasteiger partial charge is 0.458 e. The Morgan fingerprint density at radius 1 is 0.750 bits per heavy atom. The van der Waals surface area contributed by atoms with E-state index in [1.165, 1.54) is 21.3 Å². The number of benzene rings is 3. The lowest BCUT2D eigenvalue weighted by molar-refractivity contribution is -0.133. The van der Waals surface area contributed by atoms with E-state index in [1.54, 1.807) is 91.0 Å². The van der Waals surface area contributed by atoms with Gasteiger partial charge in [-0.3, -0.25) is 0 Å². The van der Waals surface area contributed by atoms with E-state index in [-0.39, 0.29) is 30.1 Å². The first kappa shape index (κ1) is 33.3. The highest BCUT2D eigenvalue weighted by Gasteiger charge is 2.48. The molecule has 0 spiro atoms. The molecule has 1 fully saturated rings. The average Bonchev–Trinajstić information content (AvgIpc) is 3.37. The van der Waals surface area contributed by atoms with E-state index in [0.29, 0.717) is 11.1 Å². The Morgan fingerprint density at radius 2 is 1.30 bits per heavy atom. The summed E-state index contributed by atoms with van der Waals surface area (Å²) in [5.41, 5.74) is 0.680. The maximum atomic E-state index is 13.5. The average molecular weight is 627 g/mol. The summed E-state index contributed by atoms with van der Waals surface area (Å²) in [6, 6.07) is 25.1. The summed E-state index contributed by atoms with van der Waals surface area (Å²) in [6.45, 7) is -0.251. The van der Waals surface area contributed by atoms with Gasteiger partial charge in [-0.2, -0.15) is 0 Å². The minimum atomic E-state index is -3.72. The van der Waals surface area contributed by atoms with Crippen molar-refractivity contribution in [3.63, 3.8) is 0 Å². The second kappa shape index (κ2) is 15.9. The molecule has 0 saturated carbocycles. The predicted octanol–water partition coefficient (Wildman–Crippen LogP) is 4.34. The van der Waals surface area contributed by atoms with E-state index in [0.717, 1.165) is 0 Å². The van der Waals surface area contributed by atoms with Gasteiger partial charge >= 0.3 is 11.9 Å². The number of methoxy groups -OCH3 is 3. The summed E-state index contributed by atoms with van der Waals surface area (Å²) < 4.78 is 61.4. The van der Waals surface area contributed by atoms with Gasteiger partial charge in [0.1, 0.15) is 12.7 Å². The van der Waals surface area contributed by atoms with Crippen molar-refractivity contribution in [3.05, 3.63) is 102 Å². The summed E-state index contributed by atoms with van der Waals surface area (Å²) >= 11 is 0. The molecule has 5 atom stereocenters.